The van der Waals surface area contributed by atoms with Gasteiger partial charge in [-0.25, -0.2) is 4.39 Å². The van der Waals surface area contributed by atoms with Crippen LogP contribution in [0.2, 0.25) is 0 Å². The van der Waals surface area contributed by atoms with E-state index >= 15 is 0 Å². The first-order chi connectivity index (χ1) is 19.6. The molecule has 3 N–H and O–H groups in total. The van der Waals surface area contributed by atoms with Gasteiger partial charge >= 0.3 is 0 Å². The molecule has 1 aliphatic heterocycles. The highest BCUT2D eigenvalue weighted by molar-refractivity contribution is 5.94. The van der Waals surface area contributed by atoms with Crippen molar-refractivity contribution in [3.8, 4) is 0 Å². The number of aliphatic hydroxyl groups is 2. The fourth-order valence-corrected chi connectivity index (χ4v) is 5.01. The molecule has 0 radical (unpaired) electrons. The van der Waals surface area contributed by atoms with Crippen LogP contribution in [0.25, 0.3) is 0 Å². The van der Waals surface area contributed by atoms with Crippen molar-refractivity contribution in [3.05, 3.63) is 47.9 Å². The Bertz CT molecular complexity index is 1110. The van der Waals surface area contributed by atoms with Crippen LogP contribution in [0, 0.1) is 11.7 Å². The van der Waals surface area contributed by atoms with Crippen LogP contribution in [-0.2, 0) is 21.3 Å². The van der Waals surface area contributed by atoms with E-state index in [-0.39, 0.29) is 43.6 Å². The summed E-state index contributed by atoms with van der Waals surface area (Å²) < 4.78 is 27.5. The zero-order valence-electron chi connectivity index (χ0n) is 24.4. The summed E-state index contributed by atoms with van der Waals surface area (Å²) >= 11 is 0. The molecule has 228 valence electrons. The molecule has 12 heteroatoms. The summed E-state index contributed by atoms with van der Waals surface area (Å²) in [5.74, 6) is -0.678. The van der Waals surface area contributed by atoms with Crippen LogP contribution in [0.15, 0.2) is 36.5 Å². The average molecular weight is 578 g/mol. The molecular weight excluding hydrogens is 533 g/mol. The van der Waals surface area contributed by atoms with Crippen LogP contribution in [-0.4, -0.2) is 112 Å². The van der Waals surface area contributed by atoms with Crippen LogP contribution in [0.4, 0.5) is 10.2 Å². The molecule has 0 bridgehead atoms. The number of anilines is 1. The zero-order chi connectivity index (χ0) is 29.9. The first-order valence-corrected chi connectivity index (χ1v) is 14.1. The number of aliphatic hydroxyl groups excluding tert-OH is 2. The van der Waals surface area contributed by atoms with E-state index in [0.29, 0.717) is 38.2 Å². The molecule has 1 saturated heterocycles. The van der Waals surface area contributed by atoms with Gasteiger partial charge in [0.1, 0.15) is 29.9 Å². The largest absolute Gasteiger partial charge is 0.388 e. The van der Waals surface area contributed by atoms with Gasteiger partial charge in [-0.3, -0.25) is 14.3 Å². The number of carbonyl (C=O) groups excluding carboxylic acids is 2. The van der Waals surface area contributed by atoms with Crippen molar-refractivity contribution in [3.63, 3.8) is 0 Å². The number of carbonyl (C=O) groups is 2. The molecule has 2 aromatic rings. The van der Waals surface area contributed by atoms with E-state index in [9.17, 15) is 24.2 Å². The van der Waals surface area contributed by atoms with Gasteiger partial charge in [0.15, 0.2) is 0 Å². The normalized spacial score (nSPS) is 23.3. The first-order valence-electron chi connectivity index (χ1n) is 14.1. The third-order valence-electron chi connectivity index (χ3n) is 7.17. The lowest BCUT2D eigenvalue weighted by Gasteiger charge is -2.39. The van der Waals surface area contributed by atoms with E-state index in [4.69, 9.17) is 9.47 Å². The second-order valence-corrected chi connectivity index (χ2v) is 10.9. The maximum Gasteiger partial charge on any atom is 0.256 e. The van der Waals surface area contributed by atoms with Gasteiger partial charge in [-0.05, 0) is 37.3 Å². The molecule has 2 amide bonds. The number of benzene rings is 1. The van der Waals surface area contributed by atoms with Crippen LogP contribution in [0.5, 0.6) is 0 Å². The third kappa shape index (κ3) is 9.49. The molecule has 2 heterocycles. The lowest BCUT2D eigenvalue weighted by molar-refractivity contribution is -0.133. The summed E-state index contributed by atoms with van der Waals surface area (Å²) in [6.07, 6.45) is 0.0284. The quantitative estimate of drug-likeness (QED) is 0.455. The number of halogens is 1. The summed E-state index contributed by atoms with van der Waals surface area (Å²) in [6, 6.07) is 7.07. The van der Waals surface area contributed by atoms with Crippen molar-refractivity contribution in [1.29, 1.82) is 0 Å². The Kier molecular flexibility index (Phi) is 12.5. The zero-order valence-corrected chi connectivity index (χ0v) is 24.4. The Labute approximate surface area is 241 Å². The van der Waals surface area contributed by atoms with E-state index in [1.807, 2.05) is 13.8 Å². The lowest BCUT2D eigenvalue weighted by atomic mass is 9.99. The standard InChI is InChI=1S/C29H44FN5O6/c1-20(2)15-21-17-34(29(39)22-9-5-6-10-23(22)30)18-25(40-4)28(38)24(36)19-41-14-8-7-12-35(21)27(37)16-31-26-11-13-33(3)32-26/h5-6,9-11,13,20-21,24-25,28,36,38H,7-8,12,14-19H2,1-4H3,(H,31,32)/t21-,24-,25-,28-/m1/s1. The predicted molar refractivity (Wildman–Crippen MR) is 152 cm³/mol. The number of nitrogens with zero attached hydrogens (tertiary/aromatic N) is 4. The lowest BCUT2D eigenvalue weighted by Crippen LogP contribution is -2.54. The molecule has 3 rings (SSSR count). The van der Waals surface area contributed by atoms with E-state index in [2.05, 4.69) is 10.4 Å². The van der Waals surface area contributed by atoms with Gasteiger partial charge in [0, 0.05) is 58.7 Å². The molecule has 1 aromatic carbocycles. The molecule has 1 aromatic heterocycles. The number of hydrogen-bond donors (Lipinski definition) is 3. The predicted octanol–water partition coefficient (Wildman–Crippen LogP) is 1.90. The Hall–Kier alpha value is -3.06. The monoisotopic (exact) mass is 577 g/mol. The number of aryl methyl sites for hydroxylation is 1. The van der Waals surface area contributed by atoms with Crippen molar-refractivity contribution < 1.29 is 33.7 Å². The van der Waals surface area contributed by atoms with Crippen molar-refractivity contribution in [2.24, 2.45) is 13.0 Å². The second-order valence-electron chi connectivity index (χ2n) is 10.9. The summed E-state index contributed by atoms with van der Waals surface area (Å²) in [5, 5.41) is 28.7. The molecule has 0 aliphatic carbocycles. The van der Waals surface area contributed by atoms with Gasteiger partial charge in [-0.1, -0.05) is 26.0 Å². The van der Waals surface area contributed by atoms with E-state index in [1.165, 1.54) is 30.2 Å². The minimum atomic E-state index is -1.36. The molecular formula is C29H44FN5O6. The van der Waals surface area contributed by atoms with Crippen molar-refractivity contribution in [2.45, 2.75) is 57.5 Å². The number of methoxy groups -OCH3 is 1. The number of ether oxygens (including phenoxy) is 2. The van der Waals surface area contributed by atoms with Crippen LogP contribution in [0.3, 0.4) is 0 Å². The molecule has 0 unspecified atom stereocenters. The Morgan fingerprint density at radius 2 is 1.95 bits per heavy atom. The highest BCUT2D eigenvalue weighted by atomic mass is 19.1. The van der Waals surface area contributed by atoms with E-state index in [0.717, 1.165) is 0 Å². The van der Waals surface area contributed by atoms with Gasteiger partial charge in [-0.15, -0.1) is 0 Å². The van der Waals surface area contributed by atoms with Crippen LogP contribution in [0.1, 0.15) is 43.5 Å². The highest BCUT2D eigenvalue weighted by Gasteiger charge is 2.34. The van der Waals surface area contributed by atoms with Gasteiger partial charge in [0.2, 0.25) is 5.91 Å². The third-order valence-corrected chi connectivity index (χ3v) is 7.17. The molecule has 1 fully saturated rings. The fraction of sp³-hybridized carbons (Fsp3) is 0.621. The molecule has 11 nitrogen and oxygen atoms in total. The maximum absolute atomic E-state index is 14.8. The summed E-state index contributed by atoms with van der Waals surface area (Å²) in [7, 11) is 3.17. The Balaban J connectivity index is 1.96. The number of rotatable bonds is 7. The second kappa shape index (κ2) is 15.8. The van der Waals surface area contributed by atoms with E-state index in [1.54, 1.807) is 35.0 Å². The van der Waals surface area contributed by atoms with Crippen LogP contribution >= 0.6 is 0 Å². The average Bonchev–Trinajstić information content (AvgIpc) is 3.36. The molecule has 0 spiro atoms. The van der Waals surface area contributed by atoms with Gasteiger partial charge < -0.3 is 34.8 Å². The van der Waals surface area contributed by atoms with Crippen LogP contribution < -0.4 is 5.32 Å². The molecule has 1 aliphatic rings. The molecule has 4 atom stereocenters. The topological polar surface area (TPSA) is 129 Å². The Morgan fingerprint density at radius 1 is 1.20 bits per heavy atom. The maximum atomic E-state index is 14.8. The van der Waals surface area contributed by atoms with Gasteiger partial charge in [-0.2, -0.15) is 5.10 Å². The number of nitrogens with one attached hydrogen (secondary N) is 1. The van der Waals surface area contributed by atoms with Crippen molar-refractivity contribution >= 4 is 17.6 Å². The minimum Gasteiger partial charge on any atom is -0.388 e. The fourth-order valence-electron chi connectivity index (χ4n) is 5.01. The van der Waals surface area contributed by atoms with E-state index < -0.39 is 36.1 Å². The van der Waals surface area contributed by atoms with Crippen molar-refractivity contribution in [2.75, 3.05) is 51.8 Å². The number of hydrogen-bond acceptors (Lipinski definition) is 8. The summed E-state index contributed by atoms with van der Waals surface area (Å²) in [4.78, 5) is 30.6. The summed E-state index contributed by atoms with van der Waals surface area (Å²) in [5.41, 5.74) is -0.125. The minimum absolute atomic E-state index is 0.00890. The SMILES string of the molecule is CO[C@@H]1CN(C(=O)c2ccccc2F)C[C@@H](CC(C)C)N(C(=O)CNc2ccn(C)n2)CCCCOC[C@@H](O)[C@H]1O. The number of aromatic nitrogens is 2. The van der Waals surface area contributed by atoms with Gasteiger partial charge in [0.05, 0.1) is 18.7 Å². The Morgan fingerprint density at radius 3 is 2.61 bits per heavy atom. The summed E-state index contributed by atoms with van der Waals surface area (Å²) in [6.45, 7) is 4.69. The smallest absolute Gasteiger partial charge is 0.256 e. The molecule has 0 saturated carbocycles. The highest BCUT2D eigenvalue weighted by Crippen LogP contribution is 2.20. The van der Waals surface area contributed by atoms with Crippen molar-refractivity contribution in [1.82, 2.24) is 19.6 Å². The molecule has 41 heavy (non-hydrogen) atoms. The first kappa shape index (κ1) is 32.5. The van der Waals surface area contributed by atoms with Gasteiger partial charge in [0.25, 0.3) is 5.91 Å². The number of amides is 2.